The highest BCUT2D eigenvalue weighted by atomic mass is 79.9. The van der Waals surface area contributed by atoms with Crippen LogP contribution in [0.25, 0.3) is 0 Å². The summed E-state index contributed by atoms with van der Waals surface area (Å²) in [4.78, 5) is 0. The molecule has 0 saturated carbocycles. The van der Waals surface area contributed by atoms with Gasteiger partial charge in [-0.2, -0.15) is 5.26 Å². The molecule has 0 bridgehead atoms. The molecule has 0 aliphatic carbocycles. The van der Waals surface area contributed by atoms with Crippen molar-refractivity contribution in [3.8, 4) is 6.07 Å². The van der Waals surface area contributed by atoms with E-state index in [4.69, 9.17) is 5.26 Å². The van der Waals surface area contributed by atoms with Gasteiger partial charge in [-0.25, -0.2) is 0 Å². The van der Waals surface area contributed by atoms with Crippen LogP contribution >= 0.6 is 15.9 Å². The molecule has 0 fully saturated rings. The highest BCUT2D eigenvalue weighted by Gasteiger charge is 2.15. The predicted molar refractivity (Wildman–Crippen MR) is 75.9 cm³/mol. The van der Waals surface area contributed by atoms with Crippen LogP contribution in [0.2, 0.25) is 0 Å². The third-order valence-electron chi connectivity index (χ3n) is 2.68. The Morgan fingerprint density at radius 3 is 2.76 bits per heavy atom. The Bertz CT molecular complexity index is 393. The van der Waals surface area contributed by atoms with Crippen LogP contribution in [-0.2, 0) is 0 Å². The van der Waals surface area contributed by atoms with Crippen molar-refractivity contribution in [1.29, 1.82) is 5.26 Å². The molecule has 2 nitrogen and oxygen atoms in total. The smallest absolute Gasteiger partial charge is 0.0683 e. The fourth-order valence-corrected chi connectivity index (χ4v) is 1.98. The topological polar surface area (TPSA) is 35.8 Å². The van der Waals surface area contributed by atoms with E-state index in [1.54, 1.807) is 0 Å². The average Bonchev–Trinajstić information content (AvgIpc) is 2.29. The lowest BCUT2D eigenvalue weighted by Gasteiger charge is -2.14. The highest BCUT2D eigenvalue weighted by molar-refractivity contribution is 9.10. The van der Waals surface area contributed by atoms with Crippen molar-refractivity contribution in [2.75, 3.05) is 11.9 Å². The molecule has 0 spiro atoms. The molecule has 0 aliphatic heterocycles. The molecule has 0 unspecified atom stereocenters. The Morgan fingerprint density at radius 1 is 1.35 bits per heavy atom. The summed E-state index contributed by atoms with van der Waals surface area (Å²) in [5.74, 6) is 0. The van der Waals surface area contributed by atoms with Crippen molar-refractivity contribution in [3.63, 3.8) is 0 Å². The van der Waals surface area contributed by atoms with Gasteiger partial charge in [-0.15, -0.1) is 0 Å². The summed E-state index contributed by atoms with van der Waals surface area (Å²) in [6, 6.07) is 10.5. The molecule has 0 radical (unpaired) electrons. The van der Waals surface area contributed by atoms with Crippen LogP contribution in [0.1, 0.15) is 33.1 Å². The van der Waals surface area contributed by atoms with Crippen molar-refractivity contribution >= 4 is 21.6 Å². The standard InChI is InChI=1S/C14H19BrN2/c1-14(2,11-16)8-3-4-9-17-13-7-5-6-12(15)10-13/h5-7,10,17H,3-4,8-9H2,1-2H3. The molecule has 17 heavy (non-hydrogen) atoms. The van der Waals surface area contributed by atoms with Gasteiger partial charge in [0.05, 0.1) is 11.5 Å². The first-order valence-corrected chi connectivity index (χ1v) is 6.73. The largest absolute Gasteiger partial charge is 0.385 e. The fraction of sp³-hybridized carbons (Fsp3) is 0.500. The quantitative estimate of drug-likeness (QED) is 0.780. The van der Waals surface area contributed by atoms with Crippen molar-refractivity contribution in [3.05, 3.63) is 28.7 Å². The summed E-state index contributed by atoms with van der Waals surface area (Å²) in [6.07, 6.45) is 3.14. The van der Waals surface area contributed by atoms with Crippen LogP contribution in [0.4, 0.5) is 5.69 Å². The van der Waals surface area contributed by atoms with E-state index in [0.29, 0.717) is 0 Å². The molecule has 0 aliphatic rings. The van der Waals surface area contributed by atoms with Gasteiger partial charge in [0.2, 0.25) is 0 Å². The van der Waals surface area contributed by atoms with E-state index in [2.05, 4.69) is 39.4 Å². The summed E-state index contributed by atoms with van der Waals surface area (Å²) in [6.45, 7) is 4.95. The summed E-state index contributed by atoms with van der Waals surface area (Å²) >= 11 is 3.44. The van der Waals surface area contributed by atoms with Gasteiger partial charge in [0.25, 0.3) is 0 Å². The minimum Gasteiger partial charge on any atom is -0.385 e. The molecule has 92 valence electrons. The Balaban J connectivity index is 2.19. The van der Waals surface area contributed by atoms with Crippen molar-refractivity contribution in [2.45, 2.75) is 33.1 Å². The average molecular weight is 295 g/mol. The molecule has 0 saturated heterocycles. The van der Waals surface area contributed by atoms with Crippen LogP contribution in [0, 0.1) is 16.7 Å². The van der Waals surface area contributed by atoms with E-state index < -0.39 is 0 Å². The number of benzene rings is 1. The molecule has 0 aromatic heterocycles. The number of anilines is 1. The van der Waals surface area contributed by atoms with Crippen LogP contribution in [0.5, 0.6) is 0 Å². The number of hydrogen-bond acceptors (Lipinski definition) is 2. The molecule has 1 N–H and O–H groups in total. The minimum atomic E-state index is -0.185. The van der Waals surface area contributed by atoms with Gasteiger partial charge in [-0.1, -0.05) is 28.4 Å². The van der Waals surface area contributed by atoms with Crippen molar-refractivity contribution < 1.29 is 0 Å². The van der Waals surface area contributed by atoms with Gasteiger partial charge >= 0.3 is 0 Å². The number of nitrogens with zero attached hydrogens (tertiary/aromatic N) is 1. The van der Waals surface area contributed by atoms with E-state index in [0.717, 1.165) is 36.0 Å². The van der Waals surface area contributed by atoms with Crippen molar-refractivity contribution in [1.82, 2.24) is 0 Å². The molecule has 0 atom stereocenters. The summed E-state index contributed by atoms with van der Waals surface area (Å²) in [7, 11) is 0. The van der Waals surface area contributed by atoms with Crippen LogP contribution < -0.4 is 5.32 Å². The zero-order valence-electron chi connectivity index (χ0n) is 10.5. The first-order chi connectivity index (χ1) is 8.03. The van der Waals surface area contributed by atoms with Crippen LogP contribution in [0.3, 0.4) is 0 Å². The number of nitrogens with one attached hydrogen (secondary N) is 1. The maximum Gasteiger partial charge on any atom is 0.0683 e. The van der Waals surface area contributed by atoms with Crippen LogP contribution in [0.15, 0.2) is 28.7 Å². The number of nitriles is 1. The predicted octanol–water partition coefficient (Wildman–Crippen LogP) is 4.58. The Labute approximate surface area is 112 Å². The van der Waals surface area contributed by atoms with E-state index in [-0.39, 0.29) is 5.41 Å². The third-order valence-corrected chi connectivity index (χ3v) is 3.18. The van der Waals surface area contributed by atoms with Gasteiger partial charge in [-0.05, 0) is 44.9 Å². The Kier molecular flexibility index (Phi) is 5.50. The summed E-state index contributed by atoms with van der Waals surface area (Å²) < 4.78 is 1.09. The maximum atomic E-state index is 8.89. The second-order valence-corrected chi connectivity index (χ2v) is 5.81. The molecule has 0 heterocycles. The SMILES string of the molecule is CC(C)(C#N)CCCCNc1cccc(Br)c1. The summed E-state index contributed by atoms with van der Waals surface area (Å²) in [5, 5.41) is 12.3. The monoisotopic (exact) mass is 294 g/mol. The van der Waals surface area contributed by atoms with E-state index in [1.165, 1.54) is 0 Å². The molecule has 0 amide bonds. The minimum absolute atomic E-state index is 0.185. The van der Waals surface area contributed by atoms with Gasteiger partial charge in [-0.3, -0.25) is 0 Å². The zero-order chi connectivity index (χ0) is 12.7. The van der Waals surface area contributed by atoms with Gasteiger partial charge in [0.1, 0.15) is 0 Å². The number of hydrogen-bond donors (Lipinski definition) is 1. The lowest BCUT2D eigenvalue weighted by atomic mass is 9.89. The molecular weight excluding hydrogens is 276 g/mol. The van der Waals surface area contributed by atoms with Gasteiger partial charge in [0, 0.05) is 16.7 Å². The number of unbranched alkanes of at least 4 members (excludes halogenated alkanes) is 1. The molecule has 3 heteroatoms. The first-order valence-electron chi connectivity index (χ1n) is 5.94. The van der Waals surface area contributed by atoms with Gasteiger partial charge in [0.15, 0.2) is 0 Å². The lowest BCUT2D eigenvalue weighted by Crippen LogP contribution is -2.09. The number of rotatable bonds is 6. The highest BCUT2D eigenvalue weighted by Crippen LogP contribution is 2.21. The first kappa shape index (κ1) is 14.1. The lowest BCUT2D eigenvalue weighted by molar-refractivity contribution is 0.430. The Hall–Kier alpha value is -1.01. The number of halogens is 1. The summed E-state index contributed by atoms with van der Waals surface area (Å²) in [5.41, 5.74) is 0.953. The third kappa shape index (κ3) is 5.74. The molecule has 1 aromatic carbocycles. The molecular formula is C14H19BrN2. The second-order valence-electron chi connectivity index (χ2n) is 4.89. The van der Waals surface area contributed by atoms with Gasteiger partial charge < -0.3 is 5.32 Å². The van der Waals surface area contributed by atoms with E-state index >= 15 is 0 Å². The fourth-order valence-electron chi connectivity index (χ4n) is 1.58. The maximum absolute atomic E-state index is 8.89. The Morgan fingerprint density at radius 2 is 2.12 bits per heavy atom. The van der Waals surface area contributed by atoms with E-state index in [1.807, 2.05) is 26.0 Å². The van der Waals surface area contributed by atoms with E-state index in [9.17, 15) is 0 Å². The molecule has 1 rings (SSSR count). The normalized spacial score (nSPS) is 10.9. The zero-order valence-corrected chi connectivity index (χ0v) is 12.0. The van der Waals surface area contributed by atoms with Crippen LogP contribution in [-0.4, -0.2) is 6.54 Å². The van der Waals surface area contributed by atoms with Crippen molar-refractivity contribution in [2.24, 2.45) is 5.41 Å². The molecule has 1 aromatic rings. The second kappa shape index (κ2) is 6.66.